The van der Waals surface area contributed by atoms with Crippen LogP contribution in [0.15, 0.2) is 28.2 Å². The first kappa shape index (κ1) is 15.7. The Balaban J connectivity index is 2.00. The number of anilines is 1. The Morgan fingerprint density at radius 3 is 2.77 bits per heavy atom. The number of amides is 2. The van der Waals surface area contributed by atoms with E-state index in [4.69, 9.17) is 9.52 Å². The molecular formula is C13H13N3O5S. The number of furan rings is 1. The van der Waals surface area contributed by atoms with Crippen molar-refractivity contribution in [1.29, 1.82) is 0 Å². The highest BCUT2D eigenvalue weighted by molar-refractivity contribution is 7.14. The summed E-state index contributed by atoms with van der Waals surface area (Å²) in [6.07, 6.45) is 1.62. The number of carboxylic acids is 1. The van der Waals surface area contributed by atoms with Gasteiger partial charge in [0.2, 0.25) is 0 Å². The number of rotatable bonds is 6. The van der Waals surface area contributed by atoms with Crippen molar-refractivity contribution in [2.75, 3.05) is 5.32 Å². The second-order valence-corrected chi connectivity index (χ2v) is 5.10. The number of hydrogen-bond donors (Lipinski definition) is 3. The number of carbonyl (C=O) groups excluding carboxylic acids is 2. The predicted molar refractivity (Wildman–Crippen MR) is 78.0 cm³/mol. The van der Waals surface area contributed by atoms with Gasteiger partial charge in [0, 0.05) is 5.38 Å². The summed E-state index contributed by atoms with van der Waals surface area (Å²) in [5.41, 5.74) is 0.0412. The minimum atomic E-state index is -1.11. The van der Waals surface area contributed by atoms with Crippen LogP contribution in [0.25, 0.3) is 0 Å². The minimum absolute atomic E-state index is 0.0412. The molecule has 116 valence electrons. The molecule has 2 heterocycles. The highest BCUT2D eigenvalue weighted by Gasteiger charge is 2.20. The van der Waals surface area contributed by atoms with Gasteiger partial charge in [0.25, 0.3) is 11.8 Å². The summed E-state index contributed by atoms with van der Waals surface area (Å²) in [7, 11) is 0. The summed E-state index contributed by atoms with van der Waals surface area (Å²) < 4.78 is 4.94. The third-order valence-corrected chi connectivity index (χ3v) is 3.47. The molecule has 0 bridgehead atoms. The summed E-state index contributed by atoms with van der Waals surface area (Å²) in [4.78, 5) is 38.5. The fourth-order valence-corrected chi connectivity index (χ4v) is 2.26. The first-order valence-corrected chi connectivity index (χ1v) is 7.23. The van der Waals surface area contributed by atoms with Gasteiger partial charge in [-0.2, -0.15) is 0 Å². The van der Waals surface area contributed by atoms with E-state index in [2.05, 4.69) is 15.6 Å². The van der Waals surface area contributed by atoms with Crippen molar-refractivity contribution in [3.05, 3.63) is 35.2 Å². The zero-order valence-corrected chi connectivity index (χ0v) is 12.3. The quantitative estimate of drug-likeness (QED) is 0.742. The lowest BCUT2D eigenvalue weighted by Gasteiger charge is -2.10. The largest absolute Gasteiger partial charge is 0.480 e. The molecule has 2 aromatic heterocycles. The van der Waals surface area contributed by atoms with Gasteiger partial charge in [0.1, 0.15) is 11.7 Å². The van der Waals surface area contributed by atoms with Crippen LogP contribution in [-0.4, -0.2) is 33.9 Å². The number of hydrogen-bond acceptors (Lipinski definition) is 6. The normalized spacial score (nSPS) is 11.7. The lowest BCUT2D eigenvalue weighted by molar-refractivity contribution is -0.139. The molecule has 0 aliphatic carbocycles. The van der Waals surface area contributed by atoms with Crippen LogP contribution < -0.4 is 10.6 Å². The Morgan fingerprint density at radius 1 is 1.41 bits per heavy atom. The molecule has 0 aliphatic rings. The SMILES string of the molecule is CCC(NC(=O)c1csc(NC(=O)c2ccco2)n1)C(=O)O. The Bertz CT molecular complexity index is 680. The van der Waals surface area contributed by atoms with Gasteiger partial charge < -0.3 is 14.8 Å². The Hall–Kier alpha value is -2.68. The molecule has 0 radical (unpaired) electrons. The molecule has 0 saturated heterocycles. The summed E-state index contributed by atoms with van der Waals surface area (Å²) >= 11 is 1.05. The number of aromatic nitrogens is 1. The van der Waals surface area contributed by atoms with Gasteiger partial charge in [-0.15, -0.1) is 11.3 Å². The van der Waals surface area contributed by atoms with Crippen LogP contribution in [0.3, 0.4) is 0 Å². The maximum absolute atomic E-state index is 11.9. The fraction of sp³-hybridized carbons (Fsp3) is 0.231. The molecule has 2 amide bonds. The monoisotopic (exact) mass is 323 g/mol. The van der Waals surface area contributed by atoms with E-state index in [-0.39, 0.29) is 23.0 Å². The van der Waals surface area contributed by atoms with Crippen molar-refractivity contribution in [3.63, 3.8) is 0 Å². The van der Waals surface area contributed by atoms with E-state index in [1.165, 1.54) is 17.7 Å². The van der Waals surface area contributed by atoms with Crippen molar-refractivity contribution < 1.29 is 23.9 Å². The Labute approximate surface area is 129 Å². The lowest BCUT2D eigenvalue weighted by Crippen LogP contribution is -2.40. The molecular weight excluding hydrogens is 310 g/mol. The average molecular weight is 323 g/mol. The minimum Gasteiger partial charge on any atom is -0.480 e. The van der Waals surface area contributed by atoms with Crippen LogP contribution in [0.2, 0.25) is 0 Å². The van der Waals surface area contributed by atoms with E-state index in [1.54, 1.807) is 13.0 Å². The first-order valence-electron chi connectivity index (χ1n) is 6.35. The Kier molecular flexibility index (Phi) is 4.89. The molecule has 2 rings (SSSR count). The molecule has 0 fully saturated rings. The smallest absolute Gasteiger partial charge is 0.326 e. The molecule has 3 N–H and O–H groups in total. The van der Waals surface area contributed by atoms with Crippen molar-refractivity contribution in [2.24, 2.45) is 0 Å². The van der Waals surface area contributed by atoms with Crippen LogP contribution >= 0.6 is 11.3 Å². The van der Waals surface area contributed by atoms with Gasteiger partial charge in [-0.1, -0.05) is 6.92 Å². The second-order valence-electron chi connectivity index (χ2n) is 4.24. The van der Waals surface area contributed by atoms with Crippen LogP contribution in [0.5, 0.6) is 0 Å². The fourth-order valence-electron chi connectivity index (χ4n) is 1.57. The van der Waals surface area contributed by atoms with E-state index in [1.807, 2.05) is 0 Å². The van der Waals surface area contributed by atoms with Crippen LogP contribution in [0, 0.1) is 0 Å². The lowest BCUT2D eigenvalue weighted by atomic mass is 10.2. The molecule has 22 heavy (non-hydrogen) atoms. The van der Waals surface area contributed by atoms with Gasteiger partial charge in [-0.05, 0) is 18.6 Å². The third kappa shape index (κ3) is 3.70. The summed E-state index contributed by atoms with van der Waals surface area (Å²) in [6, 6.07) is 2.09. The number of nitrogens with zero attached hydrogens (tertiary/aromatic N) is 1. The van der Waals surface area contributed by atoms with Gasteiger partial charge in [-0.3, -0.25) is 14.9 Å². The van der Waals surface area contributed by atoms with Crippen molar-refractivity contribution >= 4 is 34.3 Å². The van der Waals surface area contributed by atoms with Gasteiger partial charge in [-0.25, -0.2) is 9.78 Å². The maximum atomic E-state index is 11.9. The zero-order chi connectivity index (χ0) is 16.1. The third-order valence-electron chi connectivity index (χ3n) is 2.71. The standard InChI is InChI=1S/C13H13N3O5S/c1-2-7(12(19)20)14-10(17)8-6-22-13(15-8)16-11(18)9-4-3-5-21-9/h3-7H,2H2,1H3,(H,14,17)(H,19,20)(H,15,16,18). The van der Waals surface area contributed by atoms with Crippen LogP contribution in [-0.2, 0) is 4.79 Å². The Morgan fingerprint density at radius 2 is 2.18 bits per heavy atom. The topological polar surface area (TPSA) is 122 Å². The first-order chi connectivity index (χ1) is 10.5. The van der Waals surface area contributed by atoms with Gasteiger partial charge in [0.05, 0.1) is 6.26 Å². The number of aliphatic carboxylic acids is 1. The molecule has 0 aromatic carbocycles. The molecule has 1 unspecified atom stereocenters. The summed E-state index contributed by atoms with van der Waals surface area (Å²) in [5.74, 6) is -2.08. The predicted octanol–water partition coefficient (Wildman–Crippen LogP) is 1.58. The molecule has 2 aromatic rings. The molecule has 9 heteroatoms. The number of thiazole rings is 1. The van der Waals surface area contributed by atoms with E-state index in [0.717, 1.165) is 11.3 Å². The van der Waals surface area contributed by atoms with E-state index >= 15 is 0 Å². The van der Waals surface area contributed by atoms with Crippen molar-refractivity contribution in [3.8, 4) is 0 Å². The summed E-state index contributed by atoms with van der Waals surface area (Å²) in [5, 5.41) is 15.4. The number of carbonyl (C=O) groups is 3. The highest BCUT2D eigenvalue weighted by Crippen LogP contribution is 2.17. The average Bonchev–Trinajstić information content (AvgIpc) is 3.15. The highest BCUT2D eigenvalue weighted by atomic mass is 32.1. The van der Waals surface area contributed by atoms with Crippen molar-refractivity contribution in [2.45, 2.75) is 19.4 Å². The van der Waals surface area contributed by atoms with Crippen molar-refractivity contribution in [1.82, 2.24) is 10.3 Å². The second kappa shape index (κ2) is 6.85. The number of carboxylic acid groups (broad SMARTS) is 1. The molecule has 0 saturated carbocycles. The molecule has 1 atom stereocenters. The summed E-state index contributed by atoms with van der Waals surface area (Å²) in [6.45, 7) is 1.65. The van der Waals surface area contributed by atoms with Gasteiger partial charge >= 0.3 is 5.97 Å². The van der Waals surface area contributed by atoms with E-state index < -0.39 is 23.8 Å². The number of nitrogens with one attached hydrogen (secondary N) is 2. The van der Waals surface area contributed by atoms with Crippen LogP contribution in [0.4, 0.5) is 5.13 Å². The van der Waals surface area contributed by atoms with Gasteiger partial charge in [0.15, 0.2) is 10.9 Å². The molecule has 8 nitrogen and oxygen atoms in total. The van der Waals surface area contributed by atoms with E-state index in [9.17, 15) is 14.4 Å². The van der Waals surface area contributed by atoms with Crippen LogP contribution in [0.1, 0.15) is 34.4 Å². The zero-order valence-electron chi connectivity index (χ0n) is 11.5. The van der Waals surface area contributed by atoms with E-state index in [0.29, 0.717) is 0 Å². The maximum Gasteiger partial charge on any atom is 0.326 e. The molecule has 0 spiro atoms. The molecule has 0 aliphatic heterocycles.